The highest BCUT2D eigenvalue weighted by Gasteiger charge is 2.10. The maximum Gasteiger partial charge on any atom is 0.164 e. The molecule has 2 rings (SSSR count). The van der Waals surface area contributed by atoms with Crippen LogP contribution < -0.4 is 19.1 Å². The van der Waals surface area contributed by atoms with Crippen LogP contribution >= 0.6 is 0 Å². The third kappa shape index (κ3) is 3.94. The number of methoxy groups -OCH3 is 3. The smallest absolute Gasteiger partial charge is 0.164 e. The second-order valence-corrected chi connectivity index (χ2v) is 5.12. The molecule has 5 heteroatoms. The maximum atomic E-state index is 5.39. The van der Waals surface area contributed by atoms with Gasteiger partial charge in [0.25, 0.3) is 0 Å². The SMILES string of the molecule is COc1cc(OC)c(OC)cc1C=Nc1ccc(N(C)C)cc1. The predicted molar refractivity (Wildman–Crippen MR) is 94.1 cm³/mol. The van der Waals surface area contributed by atoms with Crippen molar-refractivity contribution in [2.75, 3.05) is 40.3 Å². The highest BCUT2D eigenvalue weighted by molar-refractivity contribution is 5.87. The molecule has 23 heavy (non-hydrogen) atoms. The minimum atomic E-state index is 0.622. The summed E-state index contributed by atoms with van der Waals surface area (Å²) < 4.78 is 16.0. The Hall–Kier alpha value is -2.69. The van der Waals surface area contributed by atoms with Crippen LogP contribution in [0.2, 0.25) is 0 Å². The van der Waals surface area contributed by atoms with E-state index in [2.05, 4.69) is 4.99 Å². The van der Waals surface area contributed by atoms with Gasteiger partial charge in [-0.2, -0.15) is 0 Å². The first kappa shape index (κ1) is 16.7. The van der Waals surface area contributed by atoms with E-state index in [1.807, 2.05) is 49.3 Å². The molecule has 122 valence electrons. The Kier molecular flexibility index (Phi) is 5.46. The number of aliphatic imine (C=N–C) groups is 1. The Morgan fingerprint density at radius 3 is 1.91 bits per heavy atom. The third-order valence-electron chi connectivity index (χ3n) is 3.45. The van der Waals surface area contributed by atoms with Crippen molar-refractivity contribution in [2.45, 2.75) is 0 Å². The third-order valence-corrected chi connectivity index (χ3v) is 3.45. The molecule has 0 radical (unpaired) electrons. The monoisotopic (exact) mass is 314 g/mol. The molecule has 0 bridgehead atoms. The van der Waals surface area contributed by atoms with E-state index in [0.29, 0.717) is 17.2 Å². The van der Waals surface area contributed by atoms with E-state index in [4.69, 9.17) is 14.2 Å². The average molecular weight is 314 g/mol. The molecule has 0 N–H and O–H groups in total. The number of hydrogen-bond acceptors (Lipinski definition) is 5. The maximum absolute atomic E-state index is 5.39. The molecule has 0 atom stereocenters. The molecule has 0 aromatic heterocycles. The Labute approximate surface area is 137 Å². The lowest BCUT2D eigenvalue weighted by atomic mass is 10.2. The van der Waals surface area contributed by atoms with Crippen LogP contribution in [0.15, 0.2) is 41.4 Å². The van der Waals surface area contributed by atoms with Crippen molar-refractivity contribution in [1.29, 1.82) is 0 Å². The summed E-state index contributed by atoms with van der Waals surface area (Å²) in [7, 11) is 8.83. The minimum Gasteiger partial charge on any atom is -0.496 e. The summed E-state index contributed by atoms with van der Waals surface area (Å²) in [4.78, 5) is 6.54. The van der Waals surface area contributed by atoms with Gasteiger partial charge < -0.3 is 19.1 Å². The van der Waals surface area contributed by atoms with Gasteiger partial charge in [0, 0.05) is 37.6 Å². The summed E-state index contributed by atoms with van der Waals surface area (Å²) in [6.45, 7) is 0. The van der Waals surface area contributed by atoms with Gasteiger partial charge in [0.2, 0.25) is 0 Å². The molecular weight excluding hydrogens is 292 g/mol. The zero-order chi connectivity index (χ0) is 16.8. The first-order valence-corrected chi connectivity index (χ1v) is 7.20. The van der Waals surface area contributed by atoms with Crippen LogP contribution in [0.1, 0.15) is 5.56 Å². The molecule has 0 fully saturated rings. The van der Waals surface area contributed by atoms with Crippen molar-refractivity contribution in [1.82, 2.24) is 0 Å². The van der Waals surface area contributed by atoms with Gasteiger partial charge in [-0.05, 0) is 30.3 Å². The molecule has 0 unspecified atom stereocenters. The normalized spacial score (nSPS) is 10.7. The fourth-order valence-corrected chi connectivity index (χ4v) is 2.13. The molecule has 0 aliphatic rings. The highest BCUT2D eigenvalue weighted by atomic mass is 16.5. The molecule has 0 aliphatic carbocycles. The Bertz CT molecular complexity index is 679. The van der Waals surface area contributed by atoms with Crippen molar-refractivity contribution in [3.63, 3.8) is 0 Å². The zero-order valence-electron chi connectivity index (χ0n) is 14.2. The van der Waals surface area contributed by atoms with Crippen molar-refractivity contribution in [3.8, 4) is 17.2 Å². The number of nitrogens with zero attached hydrogens (tertiary/aromatic N) is 2. The highest BCUT2D eigenvalue weighted by Crippen LogP contribution is 2.34. The van der Waals surface area contributed by atoms with Gasteiger partial charge >= 0.3 is 0 Å². The number of rotatable bonds is 6. The summed E-state index contributed by atoms with van der Waals surface area (Å²) in [5.74, 6) is 1.94. The van der Waals surface area contributed by atoms with E-state index < -0.39 is 0 Å². The molecule has 2 aromatic rings. The molecular formula is C18H22N2O3. The summed E-state index contributed by atoms with van der Waals surface area (Å²) in [5, 5.41) is 0. The molecule has 0 spiro atoms. The van der Waals surface area contributed by atoms with E-state index >= 15 is 0 Å². The van der Waals surface area contributed by atoms with Gasteiger partial charge in [-0.25, -0.2) is 0 Å². The zero-order valence-corrected chi connectivity index (χ0v) is 14.2. The fraction of sp³-hybridized carbons (Fsp3) is 0.278. The Morgan fingerprint density at radius 1 is 0.826 bits per heavy atom. The molecule has 0 saturated heterocycles. The van der Waals surface area contributed by atoms with Gasteiger partial charge in [-0.1, -0.05) is 0 Å². The topological polar surface area (TPSA) is 43.3 Å². The predicted octanol–water partition coefficient (Wildman–Crippen LogP) is 3.53. The molecule has 0 heterocycles. The largest absolute Gasteiger partial charge is 0.496 e. The van der Waals surface area contributed by atoms with Crippen LogP contribution in [0.25, 0.3) is 0 Å². The first-order valence-electron chi connectivity index (χ1n) is 7.20. The van der Waals surface area contributed by atoms with Crippen LogP contribution in [0.4, 0.5) is 11.4 Å². The second-order valence-electron chi connectivity index (χ2n) is 5.12. The summed E-state index contributed by atoms with van der Waals surface area (Å²) in [6, 6.07) is 11.6. The molecule has 2 aromatic carbocycles. The Morgan fingerprint density at radius 2 is 1.39 bits per heavy atom. The van der Waals surface area contributed by atoms with Gasteiger partial charge in [0.05, 0.1) is 27.0 Å². The van der Waals surface area contributed by atoms with Crippen LogP contribution in [-0.2, 0) is 0 Å². The summed E-state index contributed by atoms with van der Waals surface area (Å²) in [5.41, 5.74) is 2.82. The van der Waals surface area contributed by atoms with Crippen LogP contribution in [0.5, 0.6) is 17.2 Å². The number of anilines is 1. The lowest BCUT2D eigenvalue weighted by molar-refractivity contribution is 0.349. The second kappa shape index (κ2) is 7.54. The standard InChI is InChI=1S/C18H22N2O3/c1-20(2)15-8-6-14(7-9-15)19-12-13-10-17(22-4)18(23-5)11-16(13)21-3/h6-12H,1-5H3. The lowest BCUT2D eigenvalue weighted by Crippen LogP contribution is -2.07. The average Bonchev–Trinajstić information content (AvgIpc) is 2.59. The quantitative estimate of drug-likeness (QED) is 0.765. The van der Waals surface area contributed by atoms with Crippen molar-refractivity contribution >= 4 is 17.6 Å². The van der Waals surface area contributed by atoms with Crippen LogP contribution in [-0.4, -0.2) is 41.6 Å². The fourth-order valence-electron chi connectivity index (χ4n) is 2.13. The summed E-state index contributed by atoms with van der Waals surface area (Å²) >= 11 is 0. The minimum absolute atomic E-state index is 0.622. The van der Waals surface area contributed by atoms with Gasteiger partial charge in [0.15, 0.2) is 11.5 Å². The van der Waals surface area contributed by atoms with Crippen molar-refractivity contribution < 1.29 is 14.2 Å². The van der Waals surface area contributed by atoms with E-state index in [0.717, 1.165) is 16.9 Å². The van der Waals surface area contributed by atoms with E-state index in [1.165, 1.54) is 0 Å². The molecule has 0 amide bonds. The van der Waals surface area contributed by atoms with Crippen LogP contribution in [0.3, 0.4) is 0 Å². The van der Waals surface area contributed by atoms with E-state index in [-0.39, 0.29) is 0 Å². The van der Waals surface area contributed by atoms with Gasteiger partial charge in [0.1, 0.15) is 5.75 Å². The van der Waals surface area contributed by atoms with Crippen LogP contribution in [0, 0.1) is 0 Å². The van der Waals surface area contributed by atoms with E-state index in [9.17, 15) is 0 Å². The Balaban J connectivity index is 2.30. The molecule has 0 aliphatic heterocycles. The molecule has 0 saturated carbocycles. The van der Waals surface area contributed by atoms with Gasteiger partial charge in [-0.15, -0.1) is 0 Å². The number of benzene rings is 2. The number of ether oxygens (including phenoxy) is 3. The van der Waals surface area contributed by atoms with Gasteiger partial charge in [-0.3, -0.25) is 4.99 Å². The first-order chi connectivity index (χ1) is 11.1. The lowest BCUT2D eigenvalue weighted by Gasteiger charge is -2.12. The summed E-state index contributed by atoms with van der Waals surface area (Å²) in [6.07, 6.45) is 1.76. The molecule has 5 nitrogen and oxygen atoms in total. The number of hydrogen-bond donors (Lipinski definition) is 0. The van der Waals surface area contributed by atoms with E-state index in [1.54, 1.807) is 33.6 Å². The van der Waals surface area contributed by atoms with Crippen molar-refractivity contribution in [2.24, 2.45) is 4.99 Å². The van der Waals surface area contributed by atoms with Crippen molar-refractivity contribution in [3.05, 3.63) is 42.0 Å².